The lowest BCUT2D eigenvalue weighted by atomic mass is 10.1. The van der Waals surface area contributed by atoms with Gasteiger partial charge in [-0.25, -0.2) is 4.99 Å². The van der Waals surface area contributed by atoms with Crippen molar-refractivity contribution in [3.63, 3.8) is 0 Å². The van der Waals surface area contributed by atoms with Crippen molar-refractivity contribution in [3.8, 4) is 0 Å². The molecule has 3 N–H and O–H groups in total. The van der Waals surface area contributed by atoms with Crippen molar-refractivity contribution in [1.82, 2.24) is 16.0 Å². The van der Waals surface area contributed by atoms with E-state index in [1.54, 1.807) is 7.05 Å². The minimum Gasteiger partial charge on any atom is -0.357 e. The summed E-state index contributed by atoms with van der Waals surface area (Å²) in [5, 5.41) is 9.22. The van der Waals surface area contributed by atoms with Crippen LogP contribution in [0.5, 0.6) is 0 Å². The first kappa shape index (κ1) is 23.0. The fraction of sp³-hybridized carbons (Fsp3) is 0.529. The third kappa shape index (κ3) is 9.36. The van der Waals surface area contributed by atoms with Gasteiger partial charge in [-0.2, -0.15) is 11.8 Å². The van der Waals surface area contributed by atoms with Crippen molar-refractivity contribution in [2.24, 2.45) is 4.99 Å². The number of hydrogen-bond acceptors (Lipinski definition) is 3. The summed E-state index contributed by atoms with van der Waals surface area (Å²) in [5.74, 6) is 1.97. The van der Waals surface area contributed by atoms with E-state index in [1.165, 1.54) is 12.2 Å². The SMILES string of the molecule is CCNC(=NCc1ccc(C(=O)NC)cc1)NCCCCSC.I. The Labute approximate surface area is 166 Å². The van der Waals surface area contributed by atoms with E-state index in [4.69, 9.17) is 0 Å². The number of hydrogen-bond donors (Lipinski definition) is 3. The Hall–Kier alpha value is -0.960. The summed E-state index contributed by atoms with van der Waals surface area (Å²) < 4.78 is 0. The molecule has 0 unspecified atom stereocenters. The van der Waals surface area contributed by atoms with E-state index < -0.39 is 0 Å². The van der Waals surface area contributed by atoms with E-state index in [9.17, 15) is 4.79 Å². The van der Waals surface area contributed by atoms with Crippen molar-refractivity contribution in [1.29, 1.82) is 0 Å². The maximum absolute atomic E-state index is 11.5. The zero-order valence-electron chi connectivity index (χ0n) is 14.7. The van der Waals surface area contributed by atoms with Crippen LogP contribution >= 0.6 is 35.7 Å². The molecular weight excluding hydrogens is 435 g/mol. The molecule has 0 aliphatic heterocycles. The molecule has 1 aromatic rings. The van der Waals surface area contributed by atoms with Gasteiger partial charge >= 0.3 is 0 Å². The van der Waals surface area contributed by atoms with E-state index in [1.807, 2.05) is 36.0 Å². The Morgan fingerprint density at radius 1 is 1.17 bits per heavy atom. The Bertz CT molecular complexity index is 494. The van der Waals surface area contributed by atoms with E-state index in [0.717, 1.165) is 31.0 Å². The second-order valence-electron chi connectivity index (χ2n) is 5.10. The zero-order chi connectivity index (χ0) is 16.9. The third-order valence-corrected chi connectivity index (χ3v) is 3.97. The summed E-state index contributed by atoms with van der Waals surface area (Å²) in [7, 11) is 1.63. The number of carbonyl (C=O) groups is 1. The summed E-state index contributed by atoms with van der Waals surface area (Å²) >= 11 is 1.88. The van der Waals surface area contributed by atoms with Gasteiger partial charge in [-0.15, -0.1) is 24.0 Å². The fourth-order valence-electron chi connectivity index (χ4n) is 2.00. The number of nitrogens with zero attached hydrogens (tertiary/aromatic N) is 1. The highest BCUT2D eigenvalue weighted by molar-refractivity contribution is 14.0. The highest BCUT2D eigenvalue weighted by Crippen LogP contribution is 2.05. The number of rotatable bonds is 9. The molecule has 1 rings (SSSR count). The Morgan fingerprint density at radius 3 is 2.46 bits per heavy atom. The van der Waals surface area contributed by atoms with Crippen LogP contribution < -0.4 is 16.0 Å². The van der Waals surface area contributed by atoms with Gasteiger partial charge in [0.25, 0.3) is 5.91 Å². The predicted molar refractivity (Wildman–Crippen MR) is 116 cm³/mol. The Kier molecular flexibility index (Phi) is 13.8. The van der Waals surface area contributed by atoms with Crippen molar-refractivity contribution >= 4 is 47.6 Å². The average Bonchev–Trinajstić information content (AvgIpc) is 2.59. The fourth-order valence-corrected chi connectivity index (χ4v) is 2.49. The number of amides is 1. The summed E-state index contributed by atoms with van der Waals surface area (Å²) in [5.41, 5.74) is 1.75. The number of benzene rings is 1. The van der Waals surface area contributed by atoms with Crippen molar-refractivity contribution in [3.05, 3.63) is 35.4 Å². The lowest BCUT2D eigenvalue weighted by molar-refractivity contribution is 0.0963. The first-order chi connectivity index (χ1) is 11.2. The molecule has 0 aliphatic carbocycles. The second kappa shape index (κ2) is 14.4. The van der Waals surface area contributed by atoms with Gasteiger partial charge in [0, 0.05) is 25.7 Å². The van der Waals surface area contributed by atoms with Crippen LogP contribution in [0.25, 0.3) is 0 Å². The summed E-state index contributed by atoms with van der Waals surface area (Å²) in [6.07, 6.45) is 4.50. The molecular formula is C17H29IN4OS. The monoisotopic (exact) mass is 464 g/mol. The van der Waals surface area contributed by atoms with E-state index >= 15 is 0 Å². The van der Waals surface area contributed by atoms with Gasteiger partial charge in [0.05, 0.1) is 6.54 Å². The van der Waals surface area contributed by atoms with Gasteiger partial charge in [-0.1, -0.05) is 12.1 Å². The maximum Gasteiger partial charge on any atom is 0.251 e. The molecule has 136 valence electrons. The standard InChI is InChI=1S/C17H28N4OS.HI/c1-4-19-17(20-11-5-6-12-23-3)21-13-14-7-9-15(10-8-14)16(22)18-2;/h7-10H,4-6,11-13H2,1-3H3,(H,18,22)(H2,19,20,21);1H. The van der Waals surface area contributed by atoms with Gasteiger partial charge in [0.15, 0.2) is 5.96 Å². The Balaban J connectivity index is 0.00000529. The van der Waals surface area contributed by atoms with Gasteiger partial charge in [-0.05, 0) is 49.5 Å². The van der Waals surface area contributed by atoms with Crippen LogP contribution in [0.3, 0.4) is 0 Å². The summed E-state index contributed by atoms with van der Waals surface area (Å²) in [6, 6.07) is 7.53. The van der Waals surface area contributed by atoms with Gasteiger partial charge in [0.1, 0.15) is 0 Å². The first-order valence-corrected chi connectivity index (χ1v) is 9.42. The van der Waals surface area contributed by atoms with Crippen LogP contribution in [0, 0.1) is 0 Å². The van der Waals surface area contributed by atoms with Gasteiger partial charge < -0.3 is 16.0 Å². The molecule has 0 spiro atoms. The first-order valence-electron chi connectivity index (χ1n) is 8.03. The van der Waals surface area contributed by atoms with Crippen molar-refractivity contribution in [2.75, 3.05) is 32.1 Å². The van der Waals surface area contributed by atoms with Crippen LogP contribution in [-0.4, -0.2) is 44.0 Å². The smallest absolute Gasteiger partial charge is 0.251 e. The minimum atomic E-state index is -0.0692. The predicted octanol–water partition coefficient (Wildman–Crippen LogP) is 2.86. The molecule has 0 saturated heterocycles. The molecule has 1 aromatic carbocycles. The van der Waals surface area contributed by atoms with Crippen LogP contribution in [0.2, 0.25) is 0 Å². The van der Waals surface area contributed by atoms with Gasteiger partial charge in [0.2, 0.25) is 0 Å². The maximum atomic E-state index is 11.5. The highest BCUT2D eigenvalue weighted by Gasteiger charge is 2.02. The molecule has 0 atom stereocenters. The molecule has 5 nitrogen and oxygen atoms in total. The van der Waals surface area contributed by atoms with E-state index in [2.05, 4.69) is 34.1 Å². The minimum absolute atomic E-state index is 0. The summed E-state index contributed by atoms with van der Waals surface area (Å²) in [4.78, 5) is 16.1. The highest BCUT2D eigenvalue weighted by atomic mass is 127. The van der Waals surface area contributed by atoms with Crippen LogP contribution in [0.15, 0.2) is 29.3 Å². The zero-order valence-corrected chi connectivity index (χ0v) is 17.9. The van der Waals surface area contributed by atoms with Crippen LogP contribution in [-0.2, 0) is 6.54 Å². The molecule has 0 fully saturated rings. The lowest BCUT2D eigenvalue weighted by Gasteiger charge is -2.11. The molecule has 24 heavy (non-hydrogen) atoms. The van der Waals surface area contributed by atoms with E-state index in [0.29, 0.717) is 12.1 Å². The third-order valence-electron chi connectivity index (χ3n) is 3.27. The quantitative estimate of drug-likeness (QED) is 0.228. The van der Waals surface area contributed by atoms with Crippen molar-refractivity contribution in [2.45, 2.75) is 26.3 Å². The average molecular weight is 464 g/mol. The second-order valence-corrected chi connectivity index (χ2v) is 6.08. The summed E-state index contributed by atoms with van der Waals surface area (Å²) in [6.45, 7) is 4.42. The van der Waals surface area contributed by atoms with Crippen LogP contribution in [0.4, 0.5) is 0 Å². The molecule has 0 heterocycles. The molecule has 0 aliphatic rings. The van der Waals surface area contributed by atoms with Crippen molar-refractivity contribution < 1.29 is 4.79 Å². The molecule has 7 heteroatoms. The number of halogens is 1. The molecule has 0 radical (unpaired) electrons. The lowest BCUT2D eigenvalue weighted by Crippen LogP contribution is -2.37. The molecule has 1 amide bonds. The normalized spacial score (nSPS) is 10.7. The van der Waals surface area contributed by atoms with Crippen LogP contribution in [0.1, 0.15) is 35.7 Å². The topological polar surface area (TPSA) is 65.5 Å². The number of carbonyl (C=O) groups excluding carboxylic acids is 1. The number of thioether (sulfide) groups is 1. The largest absolute Gasteiger partial charge is 0.357 e. The number of guanidine groups is 1. The van der Waals surface area contributed by atoms with E-state index in [-0.39, 0.29) is 29.9 Å². The number of unbranched alkanes of at least 4 members (excludes halogenated alkanes) is 1. The molecule has 0 aromatic heterocycles. The molecule has 0 bridgehead atoms. The Morgan fingerprint density at radius 2 is 1.88 bits per heavy atom. The molecule has 0 saturated carbocycles. The number of aliphatic imine (C=N–C) groups is 1. The number of nitrogens with one attached hydrogen (secondary N) is 3. The van der Waals surface area contributed by atoms with Gasteiger partial charge in [-0.3, -0.25) is 4.79 Å².